The number of urea groups is 1. The number of nitrogens with one attached hydrogen (secondary N) is 3. The molecule has 0 spiro atoms. The van der Waals surface area contributed by atoms with E-state index in [1.54, 1.807) is 4.90 Å². The molecular weight excluding hydrogens is 512 g/mol. The summed E-state index contributed by atoms with van der Waals surface area (Å²) in [5.74, 6) is -1.07. The molecule has 40 heavy (non-hydrogen) atoms. The van der Waals surface area contributed by atoms with E-state index in [4.69, 9.17) is 0 Å². The summed E-state index contributed by atoms with van der Waals surface area (Å²) in [7, 11) is 0. The molecule has 5 atom stereocenters. The molecule has 3 aliphatic carbocycles. The third-order valence-electron chi connectivity index (χ3n) is 9.61. The summed E-state index contributed by atoms with van der Waals surface area (Å²) in [6, 6.07) is -1.61. The first-order chi connectivity index (χ1) is 19.3. The van der Waals surface area contributed by atoms with Crippen LogP contribution in [0.1, 0.15) is 110 Å². The number of aliphatic carboxylic acids is 1. The predicted molar refractivity (Wildman–Crippen MR) is 150 cm³/mol. The Labute approximate surface area is 238 Å². The van der Waals surface area contributed by atoms with Gasteiger partial charge in [-0.15, -0.1) is 0 Å². The van der Waals surface area contributed by atoms with Crippen LogP contribution < -0.4 is 16.0 Å². The second-order valence-corrected chi connectivity index (χ2v) is 12.7. The smallest absolute Gasteiger partial charge is 0.329 e. The molecule has 1 saturated heterocycles. The lowest BCUT2D eigenvalue weighted by Crippen LogP contribution is -2.56. The van der Waals surface area contributed by atoms with Gasteiger partial charge in [0.05, 0.1) is 18.6 Å². The largest absolute Gasteiger partial charge is 0.479 e. The Morgan fingerprint density at radius 3 is 2.35 bits per heavy atom. The van der Waals surface area contributed by atoms with Crippen molar-refractivity contribution in [3.05, 3.63) is 0 Å². The summed E-state index contributed by atoms with van der Waals surface area (Å²) in [5, 5.41) is 29.2. The second kappa shape index (κ2) is 14.1. The van der Waals surface area contributed by atoms with Crippen molar-refractivity contribution in [1.29, 1.82) is 0 Å². The normalized spacial score (nSPS) is 28.4. The van der Waals surface area contributed by atoms with Crippen LogP contribution >= 0.6 is 0 Å². The number of likely N-dealkylation sites (tertiary alicyclic amines) is 1. The third kappa shape index (κ3) is 7.75. The van der Waals surface area contributed by atoms with Crippen molar-refractivity contribution in [3.8, 4) is 0 Å². The molecule has 4 aliphatic rings. The van der Waals surface area contributed by atoms with Gasteiger partial charge in [0.2, 0.25) is 5.91 Å². The monoisotopic (exact) mass is 562 g/mol. The third-order valence-corrected chi connectivity index (χ3v) is 9.61. The molecule has 5 N–H and O–H groups in total. The zero-order chi connectivity index (χ0) is 28.7. The number of amides is 3. The van der Waals surface area contributed by atoms with Gasteiger partial charge in [-0.2, -0.15) is 0 Å². The number of aliphatic hydroxyl groups excluding tert-OH is 1. The predicted octanol–water partition coefficient (Wildman–Crippen LogP) is 3.32. The van der Waals surface area contributed by atoms with Gasteiger partial charge in [-0.3, -0.25) is 14.5 Å². The van der Waals surface area contributed by atoms with E-state index in [0.717, 1.165) is 77.0 Å². The van der Waals surface area contributed by atoms with Gasteiger partial charge in [0.25, 0.3) is 0 Å². The fourth-order valence-corrected chi connectivity index (χ4v) is 6.88. The molecule has 4 rings (SSSR count). The molecule has 0 aromatic carbocycles. The maximum atomic E-state index is 13.2. The number of carbonyl (C=O) groups excluding carboxylic acids is 3. The molecule has 1 heterocycles. The van der Waals surface area contributed by atoms with Gasteiger partial charge < -0.3 is 26.2 Å². The molecule has 0 aromatic rings. The summed E-state index contributed by atoms with van der Waals surface area (Å²) >= 11 is 0. The highest BCUT2D eigenvalue weighted by Crippen LogP contribution is 2.47. The number of nitrogens with zero attached hydrogens (tertiary/aromatic N) is 1. The van der Waals surface area contributed by atoms with Crippen LogP contribution in [-0.4, -0.2) is 75.7 Å². The summed E-state index contributed by atoms with van der Waals surface area (Å²) in [4.78, 5) is 52.7. The lowest BCUT2D eigenvalue weighted by molar-refractivity contribution is -0.145. The second-order valence-electron chi connectivity index (χ2n) is 12.7. The first-order valence-electron chi connectivity index (χ1n) is 15.8. The lowest BCUT2D eigenvalue weighted by atomic mass is 9.81. The highest BCUT2D eigenvalue weighted by Gasteiger charge is 2.61. The van der Waals surface area contributed by atoms with Gasteiger partial charge in [0.1, 0.15) is 11.8 Å². The van der Waals surface area contributed by atoms with Crippen LogP contribution in [-0.2, 0) is 14.4 Å². The van der Waals surface area contributed by atoms with Crippen LogP contribution in [0.3, 0.4) is 0 Å². The molecule has 3 unspecified atom stereocenters. The van der Waals surface area contributed by atoms with E-state index in [-0.39, 0.29) is 36.0 Å². The molecule has 4 fully saturated rings. The molecule has 0 aromatic heterocycles. The molecule has 10 nitrogen and oxygen atoms in total. The zero-order valence-corrected chi connectivity index (χ0v) is 24.2. The van der Waals surface area contributed by atoms with Crippen LogP contribution in [0.2, 0.25) is 0 Å². The van der Waals surface area contributed by atoms with Crippen molar-refractivity contribution in [3.63, 3.8) is 0 Å². The molecule has 3 saturated carbocycles. The number of hydrogen-bond acceptors (Lipinski definition) is 6. The lowest BCUT2D eigenvalue weighted by Gasteiger charge is -2.31. The molecular formula is C30H50N4O6. The number of carbonyl (C=O) groups is 4. The average molecular weight is 563 g/mol. The van der Waals surface area contributed by atoms with E-state index in [1.807, 2.05) is 0 Å². The van der Waals surface area contributed by atoms with Gasteiger partial charge in [-0.25, -0.2) is 9.59 Å². The van der Waals surface area contributed by atoms with Crippen molar-refractivity contribution in [2.24, 2.45) is 17.8 Å². The Balaban J connectivity index is 1.25. The average Bonchev–Trinajstić information content (AvgIpc) is 3.86. The Hall–Kier alpha value is -2.20. The maximum Gasteiger partial charge on any atom is 0.329 e. The zero-order valence-electron chi connectivity index (χ0n) is 24.2. The minimum atomic E-state index is -1.21. The van der Waals surface area contributed by atoms with Crippen LogP contribution in [0, 0.1) is 17.8 Å². The number of carboxylic acid groups (broad SMARTS) is 1. The number of hydrogen-bond donors (Lipinski definition) is 5. The summed E-state index contributed by atoms with van der Waals surface area (Å²) < 4.78 is 0. The van der Waals surface area contributed by atoms with Crippen molar-refractivity contribution in [2.45, 2.75) is 134 Å². The van der Waals surface area contributed by atoms with Gasteiger partial charge >= 0.3 is 12.0 Å². The minimum absolute atomic E-state index is 0.0582. The number of carboxylic acids is 1. The Morgan fingerprint density at radius 1 is 0.950 bits per heavy atom. The van der Waals surface area contributed by atoms with Gasteiger partial charge in [0.15, 0.2) is 5.78 Å². The molecule has 1 aliphatic heterocycles. The van der Waals surface area contributed by atoms with Gasteiger partial charge in [0, 0.05) is 12.5 Å². The Kier molecular flexibility index (Phi) is 10.9. The fourth-order valence-electron chi connectivity index (χ4n) is 6.88. The van der Waals surface area contributed by atoms with Crippen LogP contribution in [0.25, 0.3) is 0 Å². The molecule has 0 radical (unpaired) electrons. The standard InChI is InChI=1S/C30H50N4O6/c1-2-3-4-5-9-13-22-18-30(22,28(38)39)33-27(37)23-14-10-17-34(23)24(35)19-31-29(40)32-25(26(36)21-15-16-21)20-11-7-6-8-12-20/h20-25,35H,2-19H2,1H3,(H,33,37)(H,38,39)(H2,31,32,40)/t22?,23-,24?,25-,30?/m0/s1. The maximum absolute atomic E-state index is 13.2. The summed E-state index contributed by atoms with van der Waals surface area (Å²) in [6.45, 7) is 2.55. The van der Waals surface area contributed by atoms with Gasteiger partial charge in [-0.1, -0.05) is 58.3 Å². The van der Waals surface area contributed by atoms with Crippen molar-refractivity contribution < 1.29 is 29.4 Å². The topological polar surface area (TPSA) is 148 Å². The minimum Gasteiger partial charge on any atom is -0.479 e. The summed E-state index contributed by atoms with van der Waals surface area (Å²) in [5.41, 5.74) is -1.21. The Bertz CT molecular complexity index is 905. The quantitative estimate of drug-likeness (QED) is 0.181. The van der Waals surface area contributed by atoms with Crippen molar-refractivity contribution >= 4 is 23.7 Å². The first kappa shape index (κ1) is 30.8. The van der Waals surface area contributed by atoms with E-state index < -0.39 is 35.9 Å². The Morgan fingerprint density at radius 2 is 1.68 bits per heavy atom. The number of Topliss-reactive ketones (excluding diaryl/α,β-unsaturated/α-hetero) is 1. The molecule has 226 valence electrons. The highest BCUT2D eigenvalue weighted by atomic mass is 16.4. The molecule has 10 heteroatoms. The van der Waals surface area contributed by atoms with E-state index in [1.165, 1.54) is 6.42 Å². The van der Waals surface area contributed by atoms with E-state index >= 15 is 0 Å². The van der Waals surface area contributed by atoms with Crippen LogP contribution in [0.5, 0.6) is 0 Å². The van der Waals surface area contributed by atoms with Gasteiger partial charge in [-0.05, 0) is 63.2 Å². The number of ketones is 1. The SMILES string of the molecule is CCCCCCCC1CC1(NC(=O)[C@@H]1CCCN1C(O)CNC(=O)N[C@H](C(=O)C1CC1)C1CCCCC1)C(=O)O. The summed E-state index contributed by atoms with van der Waals surface area (Å²) in [6.07, 6.45) is 13.9. The van der Waals surface area contributed by atoms with Crippen molar-refractivity contribution in [1.82, 2.24) is 20.9 Å². The van der Waals surface area contributed by atoms with E-state index in [9.17, 15) is 29.4 Å². The first-order valence-corrected chi connectivity index (χ1v) is 15.8. The van der Waals surface area contributed by atoms with E-state index in [0.29, 0.717) is 25.8 Å². The fraction of sp³-hybridized carbons (Fsp3) is 0.867. The molecule has 0 bridgehead atoms. The van der Waals surface area contributed by atoms with Crippen LogP contribution in [0.4, 0.5) is 4.79 Å². The highest BCUT2D eigenvalue weighted by molar-refractivity contribution is 5.93. The van der Waals surface area contributed by atoms with E-state index in [2.05, 4.69) is 22.9 Å². The number of unbranched alkanes of at least 4 members (excludes halogenated alkanes) is 4. The molecule has 3 amide bonds. The number of aliphatic hydroxyl groups is 1. The van der Waals surface area contributed by atoms with Crippen LogP contribution in [0.15, 0.2) is 0 Å². The number of rotatable bonds is 16. The van der Waals surface area contributed by atoms with Crippen molar-refractivity contribution in [2.75, 3.05) is 13.1 Å².